The van der Waals surface area contributed by atoms with Crippen LogP contribution in [-0.4, -0.2) is 19.2 Å². The van der Waals surface area contributed by atoms with E-state index in [4.69, 9.17) is 9.47 Å². The highest BCUT2D eigenvalue weighted by molar-refractivity contribution is 5.42. The number of benzene rings is 1. The van der Waals surface area contributed by atoms with E-state index in [1.165, 1.54) is 5.56 Å². The van der Waals surface area contributed by atoms with Crippen LogP contribution in [0.3, 0.4) is 0 Å². The summed E-state index contributed by atoms with van der Waals surface area (Å²) < 4.78 is 10.5. The normalized spacial score (nSPS) is 9.70. The minimum absolute atomic E-state index is 0. The van der Waals surface area contributed by atoms with E-state index in [-0.39, 0.29) is 12.4 Å². The number of nitrogens with one attached hydrogen (secondary N) is 1. The first-order valence-corrected chi connectivity index (χ1v) is 6.14. The Morgan fingerprint density at radius 2 is 1.55 bits per heavy atom. The largest absolute Gasteiger partial charge is 1.00 e. The molecule has 5 heteroatoms. The average Bonchev–Trinajstić information content (AvgIpc) is 2.48. The molecule has 0 spiro atoms. The van der Waals surface area contributed by atoms with Crippen molar-refractivity contribution in [2.24, 2.45) is 0 Å². The van der Waals surface area contributed by atoms with Crippen molar-refractivity contribution in [3.8, 4) is 11.5 Å². The number of hydrogen-bond acceptors (Lipinski definition) is 4. The number of pyridine rings is 1. The van der Waals surface area contributed by atoms with E-state index in [1.807, 2.05) is 30.3 Å². The zero-order chi connectivity index (χ0) is 13.5. The van der Waals surface area contributed by atoms with E-state index in [0.717, 1.165) is 30.2 Å². The summed E-state index contributed by atoms with van der Waals surface area (Å²) in [6, 6.07) is 9.94. The highest BCUT2D eigenvalue weighted by Gasteiger charge is 2.04. The molecule has 0 atom stereocenters. The van der Waals surface area contributed by atoms with Gasteiger partial charge in [-0.05, 0) is 35.4 Å². The number of nitrogens with zero attached hydrogens (tertiary/aromatic N) is 1. The van der Waals surface area contributed by atoms with Crippen molar-refractivity contribution < 1.29 is 21.9 Å². The highest BCUT2D eigenvalue weighted by atomic mass is 35.5. The molecule has 0 saturated carbocycles. The van der Waals surface area contributed by atoms with E-state index in [0.29, 0.717) is 0 Å². The van der Waals surface area contributed by atoms with Gasteiger partial charge in [0.15, 0.2) is 11.5 Å². The fraction of sp³-hybridized carbons (Fsp3) is 0.267. The molecule has 0 amide bonds. The summed E-state index contributed by atoms with van der Waals surface area (Å²) in [7, 11) is 3.28. The maximum Gasteiger partial charge on any atom is 0.161 e. The molecule has 0 aliphatic rings. The van der Waals surface area contributed by atoms with Gasteiger partial charge in [-0.2, -0.15) is 0 Å². The second kappa shape index (κ2) is 8.40. The van der Waals surface area contributed by atoms with Crippen molar-refractivity contribution in [1.82, 2.24) is 10.3 Å². The monoisotopic (exact) mass is 293 g/mol. The van der Waals surface area contributed by atoms with Gasteiger partial charge in [-0.3, -0.25) is 4.98 Å². The summed E-state index contributed by atoms with van der Waals surface area (Å²) in [5, 5.41) is 3.38. The lowest BCUT2D eigenvalue weighted by molar-refractivity contribution is -0.00000452. The van der Waals surface area contributed by atoms with Gasteiger partial charge in [-0.15, -0.1) is 0 Å². The van der Waals surface area contributed by atoms with E-state index in [9.17, 15) is 0 Å². The molecule has 108 valence electrons. The summed E-state index contributed by atoms with van der Waals surface area (Å²) in [5.74, 6) is 1.51. The van der Waals surface area contributed by atoms with Crippen LogP contribution in [0, 0.1) is 0 Å². The zero-order valence-electron chi connectivity index (χ0n) is 11.6. The molecule has 0 saturated heterocycles. The topological polar surface area (TPSA) is 43.4 Å². The maximum absolute atomic E-state index is 5.28. The van der Waals surface area contributed by atoms with Crippen LogP contribution in [-0.2, 0) is 13.1 Å². The third kappa shape index (κ3) is 4.40. The van der Waals surface area contributed by atoms with Gasteiger partial charge in [0.1, 0.15) is 0 Å². The SMILES string of the molecule is COc1ccc(CNCc2ccncc2)cc1OC.[Cl-]. The first-order valence-electron chi connectivity index (χ1n) is 6.14. The summed E-state index contributed by atoms with van der Waals surface area (Å²) in [6.45, 7) is 1.60. The van der Waals surface area contributed by atoms with Crippen LogP contribution in [0.25, 0.3) is 0 Å². The Kier molecular flexibility index (Phi) is 6.84. The smallest absolute Gasteiger partial charge is 0.161 e. The predicted octanol–water partition coefficient (Wildman–Crippen LogP) is -0.607. The molecule has 2 rings (SSSR count). The molecule has 1 aromatic carbocycles. The minimum Gasteiger partial charge on any atom is -1.00 e. The Hall–Kier alpha value is -1.78. The van der Waals surface area contributed by atoms with Gasteiger partial charge >= 0.3 is 0 Å². The van der Waals surface area contributed by atoms with Gasteiger partial charge < -0.3 is 27.2 Å². The fourth-order valence-electron chi connectivity index (χ4n) is 1.84. The minimum atomic E-state index is 0. The number of rotatable bonds is 6. The molecule has 1 heterocycles. The molecule has 2 aromatic rings. The number of hydrogen-bond donors (Lipinski definition) is 1. The maximum atomic E-state index is 5.28. The van der Waals surface area contributed by atoms with Gasteiger partial charge in [-0.25, -0.2) is 0 Å². The average molecular weight is 294 g/mol. The van der Waals surface area contributed by atoms with Gasteiger partial charge in [-0.1, -0.05) is 6.07 Å². The first kappa shape index (κ1) is 16.3. The van der Waals surface area contributed by atoms with E-state index in [1.54, 1.807) is 26.6 Å². The molecule has 0 aliphatic heterocycles. The second-order valence-electron chi connectivity index (χ2n) is 4.15. The Balaban J connectivity index is 0.00000200. The second-order valence-corrected chi connectivity index (χ2v) is 4.15. The molecule has 4 nitrogen and oxygen atoms in total. The zero-order valence-corrected chi connectivity index (χ0v) is 12.4. The summed E-state index contributed by atoms with van der Waals surface area (Å²) in [4.78, 5) is 4.00. The number of aromatic nitrogens is 1. The van der Waals surface area contributed by atoms with Gasteiger partial charge in [0, 0.05) is 25.5 Å². The first-order chi connectivity index (χ1) is 9.33. The lowest BCUT2D eigenvalue weighted by Crippen LogP contribution is -3.00. The highest BCUT2D eigenvalue weighted by Crippen LogP contribution is 2.27. The van der Waals surface area contributed by atoms with Crippen molar-refractivity contribution in [1.29, 1.82) is 0 Å². The Morgan fingerprint density at radius 3 is 2.20 bits per heavy atom. The van der Waals surface area contributed by atoms with Crippen LogP contribution in [0.4, 0.5) is 0 Å². The lowest BCUT2D eigenvalue weighted by atomic mass is 10.2. The molecule has 0 fully saturated rings. The predicted molar refractivity (Wildman–Crippen MR) is 74.3 cm³/mol. The molecule has 0 aliphatic carbocycles. The summed E-state index contributed by atoms with van der Waals surface area (Å²) in [6.07, 6.45) is 3.60. The molecule has 0 bridgehead atoms. The van der Waals surface area contributed by atoms with Crippen LogP contribution in [0.5, 0.6) is 11.5 Å². The van der Waals surface area contributed by atoms with Crippen LogP contribution in [0.15, 0.2) is 42.7 Å². The van der Waals surface area contributed by atoms with Gasteiger partial charge in [0.2, 0.25) is 0 Å². The van der Waals surface area contributed by atoms with Crippen LogP contribution < -0.4 is 27.2 Å². The number of halogens is 1. The van der Waals surface area contributed by atoms with Gasteiger partial charge in [0.05, 0.1) is 14.2 Å². The summed E-state index contributed by atoms with van der Waals surface area (Å²) >= 11 is 0. The van der Waals surface area contributed by atoms with Crippen molar-refractivity contribution in [3.63, 3.8) is 0 Å². The van der Waals surface area contributed by atoms with Gasteiger partial charge in [0.25, 0.3) is 0 Å². The molecule has 20 heavy (non-hydrogen) atoms. The third-order valence-electron chi connectivity index (χ3n) is 2.86. The van der Waals surface area contributed by atoms with E-state index < -0.39 is 0 Å². The fourth-order valence-corrected chi connectivity index (χ4v) is 1.84. The molecule has 1 N–H and O–H groups in total. The standard InChI is InChI=1S/C15H18N2O2.ClH/c1-18-14-4-3-13(9-15(14)19-2)11-17-10-12-5-7-16-8-6-12;/h3-9,17H,10-11H2,1-2H3;1H/p-1. The molecule has 1 aromatic heterocycles. The summed E-state index contributed by atoms with van der Waals surface area (Å²) in [5.41, 5.74) is 2.38. The molecule has 0 unspecified atom stereocenters. The van der Waals surface area contributed by atoms with Crippen molar-refractivity contribution >= 4 is 0 Å². The Morgan fingerprint density at radius 1 is 0.900 bits per heavy atom. The van der Waals surface area contributed by atoms with Crippen LogP contribution in [0.2, 0.25) is 0 Å². The molecular weight excluding hydrogens is 276 g/mol. The third-order valence-corrected chi connectivity index (χ3v) is 2.86. The van der Waals surface area contributed by atoms with Crippen LogP contribution in [0.1, 0.15) is 11.1 Å². The van der Waals surface area contributed by atoms with Crippen molar-refractivity contribution in [2.75, 3.05) is 14.2 Å². The van der Waals surface area contributed by atoms with E-state index >= 15 is 0 Å². The molecule has 0 radical (unpaired) electrons. The number of methoxy groups -OCH3 is 2. The Bertz CT molecular complexity index is 521. The van der Waals surface area contributed by atoms with Crippen molar-refractivity contribution in [3.05, 3.63) is 53.9 Å². The van der Waals surface area contributed by atoms with Crippen LogP contribution >= 0.6 is 0 Å². The van der Waals surface area contributed by atoms with Crippen molar-refractivity contribution in [2.45, 2.75) is 13.1 Å². The molecular formula is C15H18ClN2O2-. The lowest BCUT2D eigenvalue weighted by Gasteiger charge is -2.10. The quantitative estimate of drug-likeness (QED) is 0.772. The Labute approximate surface area is 125 Å². The number of ether oxygens (including phenoxy) is 2. The van der Waals surface area contributed by atoms with E-state index in [2.05, 4.69) is 10.3 Å².